The molecular formula is C19H32N6. The van der Waals surface area contributed by atoms with E-state index in [9.17, 15) is 0 Å². The Kier molecular flexibility index (Phi) is 5.36. The van der Waals surface area contributed by atoms with Gasteiger partial charge in [0, 0.05) is 31.1 Å². The Balaban J connectivity index is 1.39. The van der Waals surface area contributed by atoms with Gasteiger partial charge in [-0.25, -0.2) is 4.98 Å². The van der Waals surface area contributed by atoms with Crippen LogP contribution in [0, 0.1) is 5.92 Å². The predicted molar refractivity (Wildman–Crippen MR) is 102 cm³/mol. The Bertz CT molecular complexity index is 588. The van der Waals surface area contributed by atoms with Gasteiger partial charge < -0.3 is 21.3 Å². The molecule has 2 saturated heterocycles. The van der Waals surface area contributed by atoms with Crippen molar-refractivity contribution in [1.82, 2.24) is 20.2 Å². The molecule has 2 fully saturated rings. The first kappa shape index (κ1) is 17.0. The van der Waals surface area contributed by atoms with Gasteiger partial charge in [-0.2, -0.15) is 4.98 Å². The number of nitrogens with one attached hydrogen (secondary N) is 2. The highest BCUT2D eigenvalue weighted by Gasteiger charge is 2.32. The lowest BCUT2D eigenvalue weighted by Crippen LogP contribution is -2.48. The first-order valence-electron chi connectivity index (χ1n) is 10.1. The molecule has 25 heavy (non-hydrogen) atoms. The van der Waals surface area contributed by atoms with Crippen molar-refractivity contribution in [1.29, 1.82) is 0 Å². The SMILES string of the molecule is Nc1nc2c(c(NCC[C@@H]3CCCN4CCCC[C@H]34)n1)CCNCC2. The number of nitrogens with two attached hydrogens (primary N) is 1. The van der Waals surface area contributed by atoms with E-state index in [2.05, 4.69) is 25.5 Å². The second-order valence-electron chi connectivity index (χ2n) is 7.82. The van der Waals surface area contributed by atoms with Gasteiger partial charge in [-0.1, -0.05) is 6.42 Å². The van der Waals surface area contributed by atoms with Crippen LogP contribution < -0.4 is 16.4 Å². The minimum absolute atomic E-state index is 0.402. The molecule has 6 heteroatoms. The number of piperidine rings is 2. The Morgan fingerprint density at radius 3 is 2.92 bits per heavy atom. The largest absolute Gasteiger partial charge is 0.370 e. The van der Waals surface area contributed by atoms with E-state index in [1.54, 1.807) is 0 Å². The average molecular weight is 345 g/mol. The predicted octanol–water partition coefficient (Wildman–Crippen LogP) is 1.81. The standard InChI is InChI=1S/C19H32N6/c20-19-23-16-8-10-21-9-7-15(16)18(24-19)22-11-6-14-4-3-13-25-12-2-1-5-17(14)25/h14,17,21H,1-13H2,(H3,20,22,23,24)/t14-,17+/m0/s1. The molecule has 0 aromatic carbocycles. The van der Waals surface area contributed by atoms with E-state index < -0.39 is 0 Å². The van der Waals surface area contributed by atoms with Crippen molar-refractivity contribution >= 4 is 11.8 Å². The molecule has 2 atom stereocenters. The average Bonchev–Trinajstić information content (AvgIpc) is 2.87. The number of rotatable bonds is 4. The normalized spacial score (nSPS) is 27.2. The second kappa shape index (κ2) is 7.87. The van der Waals surface area contributed by atoms with Crippen LogP contribution in [0.1, 0.15) is 49.8 Å². The van der Waals surface area contributed by atoms with Gasteiger partial charge in [0.2, 0.25) is 5.95 Å². The van der Waals surface area contributed by atoms with Crippen LogP contribution in [0.3, 0.4) is 0 Å². The molecule has 0 radical (unpaired) electrons. The molecule has 1 aromatic rings. The van der Waals surface area contributed by atoms with Crippen LogP contribution >= 0.6 is 0 Å². The van der Waals surface area contributed by atoms with Crippen LogP contribution in [0.2, 0.25) is 0 Å². The molecule has 0 aliphatic carbocycles. The van der Waals surface area contributed by atoms with E-state index >= 15 is 0 Å². The Morgan fingerprint density at radius 1 is 1.08 bits per heavy atom. The summed E-state index contributed by atoms with van der Waals surface area (Å²) >= 11 is 0. The molecule has 0 saturated carbocycles. The molecule has 4 N–H and O–H groups in total. The highest BCUT2D eigenvalue weighted by atomic mass is 15.2. The van der Waals surface area contributed by atoms with Gasteiger partial charge in [0.1, 0.15) is 5.82 Å². The number of hydrogen-bond acceptors (Lipinski definition) is 6. The number of nitrogen functional groups attached to an aromatic ring is 1. The Hall–Kier alpha value is -1.40. The van der Waals surface area contributed by atoms with Gasteiger partial charge in [-0.15, -0.1) is 0 Å². The Morgan fingerprint density at radius 2 is 1.96 bits per heavy atom. The van der Waals surface area contributed by atoms with E-state index in [1.807, 2.05) is 0 Å². The zero-order chi connectivity index (χ0) is 17.1. The number of hydrogen-bond donors (Lipinski definition) is 3. The number of nitrogens with zero attached hydrogens (tertiary/aromatic N) is 3. The maximum Gasteiger partial charge on any atom is 0.222 e. The van der Waals surface area contributed by atoms with Gasteiger partial charge in [-0.05, 0) is 64.1 Å². The lowest BCUT2D eigenvalue weighted by Gasteiger charge is -2.44. The third-order valence-corrected chi connectivity index (χ3v) is 6.24. The first-order valence-corrected chi connectivity index (χ1v) is 10.1. The minimum atomic E-state index is 0.402. The molecule has 3 aliphatic heterocycles. The second-order valence-corrected chi connectivity index (χ2v) is 7.82. The third-order valence-electron chi connectivity index (χ3n) is 6.24. The number of anilines is 2. The van der Waals surface area contributed by atoms with Crippen molar-refractivity contribution in [3.8, 4) is 0 Å². The quantitative estimate of drug-likeness (QED) is 0.773. The fraction of sp³-hybridized carbons (Fsp3) is 0.789. The van der Waals surface area contributed by atoms with E-state index in [0.29, 0.717) is 5.95 Å². The highest BCUT2D eigenvalue weighted by Crippen LogP contribution is 2.32. The Labute approximate surface area is 151 Å². The summed E-state index contributed by atoms with van der Waals surface area (Å²) in [4.78, 5) is 11.7. The lowest BCUT2D eigenvalue weighted by atomic mass is 9.81. The topological polar surface area (TPSA) is 79.1 Å². The first-order chi connectivity index (χ1) is 12.3. The molecule has 3 aliphatic rings. The van der Waals surface area contributed by atoms with Crippen LogP contribution in [0.15, 0.2) is 0 Å². The third kappa shape index (κ3) is 3.90. The fourth-order valence-electron chi connectivity index (χ4n) is 5.00. The molecule has 6 nitrogen and oxygen atoms in total. The van der Waals surface area contributed by atoms with Crippen molar-refractivity contribution in [2.75, 3.05) is 43.8 Å². The van der Waals surface area contributed by atoms with E-state index in [0.717, 1.165) is 55.9 Å². The minimum Gasteiger partial charge on any atom is -0.370 e. The molecule has 1 aromatic heterocycles. The van der Waals surface area contributed by atoms with Crippen molar-refractivity contribution in [3.63, 3.8) is 0 Å². The summed E-state index contributed by atoms with van der Waals surface area (Å²) in [6.07, 6.45) is 10.1. The van der Waals surface area contributed by atoms with Crippen LogP contribution in [-0.2, 0) is 12.8 Å². The van der Waals surface area contributed by atoms with E-state index in [1.165, 1.54) is 57.2 Å². The van der Waals surface area contributed by atoms with Crippen molar-refractivity contribution in [2.24, 2.45) is 5.92 Å². The van der Waals surface area contributed by atoms with Crippen LogP contribution in [0.4, 0.5) is 11.8 Å². The molecule has 4 rings (SSSR count). The summed E-state index contributed by atoms with van der Waals surface area (Å²) < 4.78 is 0. The molecule has 0 amide bonds. The summed E-state index contributed by atoms with van der Waals surface area (Å²) in [6.45, 7) is 5.59. The summed E-state index contributed by atoms with van der Waals surface area (Å²) in [5.41, 5.74) is 8.33. The fourth-order valence-corrected chi connectivity index (χ4v) is 5.00. The summed E-state index contributed by atoms with van der Waals surface area (Å²) in [5, 5.41) is 7.04. The molecule has 4 heterocycles. The van der Waals surface area contributed by atoms with Gasteiger partial charge >= 0.3 is 0 Å². The smallest absolute Gasteiger partial charge is 0.222 e. The zero-order valence-electron chi connectivity index (χ0n) is 15.3. The van der Waals surface area contributed by atoms with Crippen molar-refractivity contribution in [3.05, 3.63) is 11.3 Å². The highest BCUT2D eigenvalue weighted by molar-refractivity contribution is 5.50. The van der Waals surface area contributed by atoms with E-state index in [4.69, 9.17) is 5.73 Å². The van der Waals surface area contributed by atoms with Crippen molar-refractivity contribution < 1.29 is 0 Å². The maximum atomic E-state index is 5.95. The summed E-state index contributed by atoms with van der Waals surface area (Å²) in [6, 6.07) is 0.820. The van der Waals surface area contributed by atoms with Crippen LogP contribution in [0.5, 0.6) is 0 Å². The van der Waals surface area contributed by atoms with Gasteiger partial charge in [0.25, 0.3) is 0 Å². The van der Waals surface area contributed by atoms with Crippen LogP contribution in [0.25, 0.3) is 0 Å². The summed E-state index contributed by atoms with van der Waals surface area (Å²) in [7, 11) is 0. The molecule has 0 unspecified atom stereocenters. The maximum absolute atomic E-state index is 5.95. The molecular weight excluding hydrogens is 312 g/mol. The summed E-state index contributed by atoms with van der Waals surface area (Å²) in [5.74, 6) is 2.21. The van der Waals surface area contributed by atoms with Crippen LogP contribution in [-0.4, -0.2) is 53.6 Å². The number of fused-ring (bicyclic) bond motifs is 2. The van der Waals surface area contributed by atoms with Gasteiger partial charge in [0.15, 0.2) is 0 Å². The molecule has 138 valence electrons. The van der Waals surface area contributed by atoms with Gasteiger partial charge in [-0.3, -0.25) is 0 Å². The zero-order valence-corrected chi connectivity index (χ0v) is 15.3. The van der Waals surface area contributed by atoms with E-state index in [-0.39, 0.29) is 0 Å². The lowest BCUT2D eigenvalue weighted by molar-refractivity contribution is 0.0573. The molecule has 0 spiro atoms. The van der Waals surface area contributed by atoms with Gasteiger partial charge in [0.05, 0.1) is 5.69 Å². The monoisotopic (exact) mass is 344 g/mol. The molecule has 0 bridgehead atoms. The number of aromatic nitrogens is 2. The van der Waals surface area contributed by atoms with Crippen molar-refractivity contribution in [2.45, 2.75) is 57.4 Å².